The maximum absolute atomic E-state index is 12.6. The summed E-state index contributed by atoms with van der Waals surface area (Å²) in [5.41, 5.74) is 0. The summed E-state index contributed by atoms with van der Waals surface area (Å²) < 4.78 is 0. The molecule has 0 aromatic carbocycles. The average molecular weight is 264 g/mol. The first-order valence-corrected chi connectivity index (χ1v) is 7.69. The lowest BCUT2D eigenvalue weighted by Gasteiger charge is -2.28. The number of rotatable bonds is 1. The summed E-state index contributed by atoms with van der Waals surface area (Å²) in [6, 6.07) is 0. The molecule has 2 amide bonds. The van der Waals surface area contributed by atoms with Gasteiger partial charge in [-0.1, -0.05) is 6.42 Å². The van der Waals surface area contributed by atoms with E-state index < -0.39 is 0 Å². The molecule has 3 aliphatic rings. The molecule has 4 heteroatoms. The molecule has 1 heterocycles. The normalized spacial score (nSPS) is 34.5. The van der Waals surface area contributed by atoms with E-state index in [4.69, 9.17) is 0 Å². The van der Waals surface area contributed by atoms with Crippen molar-refractivity contribution in [1.29, 1.82) is 0 Å². The molecule has 106 valence electrons. The molecule has 3 unspecified atom stereocenters. The molecule has 3 atom stereocenters. The van der Waals surface area contributed by atoms with Gasteiger partial charge in [-0.2, -0.15) is 0 Å². The molecule has 3 fully saturated rings. The molecule has 0 aromatic heterocycles. The quantitative estimate of drug-likeness (QED) is 0.720. The smallest absolute Gasteiger partial charge is 0.226 e. The van der Waals surface area contributed by atoms with Crippen LogP contribution in [-0.2, 0) is 9.59 Å². The highest BCUT2D eigenvalue weighted by molar-refractivity contribution is 5.80. The lowest BCUT2D eigenvalue weighted by molar-refractivity contribution is -0.137. The van der Waals surface area contributed by atoms with Gasteiger partial charge in [0.25, 0.3) is 0 Å². The zero-order valence-electron chi connectivity index (χ0n) is 11.8. The summed E-state index contributed by atoms with van der Waals surface area (Å²) in [7, 11) is 0. The molecule has 0 radical (unpaired) electrons. The van der Waals surface area contributed by atoms with Crippen molar-refractivity contribution < 1.29 is 9.59 Å². The third-order valence-corrected chi connectivity index (χ3v) is 5.31. The Hall–Kier alpha value is -1.06. The fourth-order valence-corrected chi connectivity index (χ4v) is 4.23. The van der Waals surface area contributed by atoms with Gasteiger partial charge in [0.1, 0.15) is 0 Å². The largest absolute Gasteiger partial charge is 0.341 e. The molecule has 0 spiro atoms. The highest BCUT2D eigenvalue weighted by Gasteiger charge is 2.44. The second-order valence-corrected chi connectivity index (χ2v) is 6.47. The first-order valence-electron chi connectivity index (χ1n) is 7.69. The standard InChI is InChI=1S/C15H24N2O2/c1-11(18)16-5-2-6-17(8-7-16)15(19)14-10-12-3-4-13(14)9-12/h12-14H,2-10H2,1H3. The van der Waals surface area contributed by atoms with Gasteiger partial charge in [-0.25, -0.2) is 0 Å². The van der Waals surface area contributed by atoms with Gasteiger partial charge in [0.05, 0.1) is 0 Å². The fourth-order valence-electron chi connectivity index (χ4n) is 4.23. The van der Waals surface area contributed by atoms with Gasteiger partial charge in [0, 0.05) is 39.0 Å². The van der Waals surface area contributed by atoms with Crippen molar-refractivity contribution in [3.63, 3.8) is 0 Å². The van der Waals surface area contributed by atoms with Crippen LogP contribution >= 0.6 is 0 Å². The molecule has 1 saturated heterocycles. The van der Waals surface area contributed by atoms with E-state index in [9.17, 15) is 9.59 Å². The summed E-state index contributed by atoms with van der Waals surface area (Å²) >= 11 is 0. The van der Waals surface area contributed by atoms with Crippen LogP contribution in [0.1, 0.15) is 39.0 Å². The number of fused-ring (bicyclic) bond motifs is 2. The molecular formula is C15H24N2O2. The minimum absolute atomic E-state index is 0.134. The van der Waals surface area contributed by atoms with Gasteiger partial charge in [-0.05, 0) is 37.5 Å². The van der Waals surface area contributed by atoms with Crippen LogP contribution in [0.4, 0.5) is 0 Å². The van der Waals surface area contributed by atoms with Crippen LogP contribution in [0.5, 0.6) is 0 Å². The lowest BCUT2D eigenvalue weighted by Crippen LogP contribution is -2.41. The van der Waals surface area contributed by atoms with Crippen LogP contribution < -0.4 is 0 Å². The maximum Gasteiger partial charge on any atom is 0.226 e. The summed E-state index contributed by atoms with van der Waals surface area (Å²) in [6.45, 7) is 4.69. The lowest BCUT2D eigenvalue weighted by atomic mass is 9.87. The van der Waals surface area contributed by atoms with Crippen molar-refractivity contribution >= 4 is 11.8 Å². The predicted molar refractivity (Wildman–Crippen MR) is 72.4 cm³/mol. The number of hydrogen-bond donors (Lipinski definition) is 0. The van der Waals surface area contributed by atoms with Gasteiger partial charge in [0.2, 0.25) is 11.8 Å². The van der Waals surface area contributed by atoms with Crippen molar-refractivity contribution in [3.8, 4) is 0 Å². The Labute approximate surface area is 115 Å². The highest BCUT2D eigenvalue weighted by atomic mass is 16.2. The number of carbonyl (C=O) groups is 2. The van der Waals surface area contributed by atoms with Crippen molar-refractivity contribution in [2.75, 3.05) is 26.2 Å². The van der Waals surface area contributed by atoms with Crippen LogP contribution in [-0.4, -0.2) is 47.8 Å². The average Bonchev–Trinajstić information content (AvgIpc) is 2.92. The Morgan fingerprint density at radius 1 is 0.947 bits per heavy atom. The zero-order chi connectivity index (χ0) is 13.4. The monoisotopic (exact) mass is 264 g/mol. The molecule has 19 heavy (non-hydrogen) atoms. The van der Waals surface area contributed by atoms with Crippen LogP contribution in [0, 0.1) is 17.8 Å². The van der Waals surface area contributed by atoms with Crippen LogP contribution in [0.15, 0.2) is 0 Å². The van der Waals surface area contributed by atoms with Crippen molar-refractivity contribution in [2.24, 2.45) is 17.8 Å². The van der Waals surface area contributed by atoms with Crippen LogP contribution in [0.3, 0.4) is 0 Å². The first kappa shape index (κ1) is 12.9. The van der Waals surface area contributed by atoms with E-state index in [1.807, 2.05) is 9.80 Å². The molecule has 2 bridgehead atoms. The topological polar surface area (TPSA) is 40.6 Å². The molecule has 2 saturated carbocycles. The van der Waals surface area contributed by atoms with Gasteiger partial charge in [-0.15, -0.1) is 0 Å². The molecule has 3 rings (SSSR count). The maximum atomic E-state index is 12.6. The number of hydrogen-bond acceptors (Lipinski definition) is 2. The minimum atomic E-state index is 0.134. The third kappa shape index (κ3) is 2.49. The molecule has 0 aromatic rings. The Balaban J connectivity index is 1.60. The van der Waals surface area contributed by atoms with Crippen molar-refractivity contribution in [2.45, 2.75) is 39.0 Å². The molecule has 1 aliphatic heterocycles. The Morgan fingerprint density at radius 2 is 1.68 bits per heavy atom. The van der Waals surface area contributed by atoms with E-state index in [1.54, 1.807) is 6.92 Å². The van der Waals surface area contributed by atoms with E-state index in [0.29, 0.717) is 24.3 Å². The van der Waals surface area contributed by atoms with E-state index in [-0.39, 0.29) is 5.91 Å². The molecular weight excluding hydrogens is 240 g/mol. The second kappa shape index (κ2) is 5.14. The van der Waals surface area contributed by atoms with E-state index in [0.717, 1.165) is 38.4 Å². The fraction of sp³-hybridized carbons (Fsp3) is 0.867. The van der Waals surface area contributed by atoms with E-state index in [2.05, 4.69) is 0 Å². The minimum Gasteiger partial charge on any atom is -0.341 e. The van der Waals surface area contributed by atoms with Gasteiger partial charge in [-0.3, -0.25) is 9.59 Å². The zero-order valence-corrected chi connectivity index (χ0v) is 11.8. The second-order valence-electron chi connectivity index (χ2n) is 6.47. The number of amides is 2. The summed E-state index contributed by atoms with van der Waals surface area (Å²) in [6.07, 6.45) is 5.92. The summed E-state index contributed by atoms with van der Waals surface area (Å²) in [5.74, 6) is 2.28. The van der Waals surface area contributed by atoms with Crippen molar-refractivity contribution in [3.05, 3.63) is 0 Å². The van der Waals surface area contributed by atoms with Gasteiger partial charge >= 0.3 is 0 Å². The van der Waals surface area contributed by atoms with Crippen molar-refractivity contribution in [1.82, 2.24) is 9.80 Å². The van der Waals surface area contributed by atoms with Gasteiger partial charge < -0.3 is 9.80 Å². The van der Waals surface area contributed by atoms with Crippen LogP contribution in [0.25, 0.3) is 0 Å². The molecule has 4 nitrogen and oxygen atoms in total. The van der Waals surface area contributed by atoms with E-state index in [1.165, 1.54) is 19.3 Å². The van der Waals surface area contributed by atoms with Crippen LogP contribution in [0.2, 0.25) is 0 Å². The first-order chi connectivity index (χ1) is 9.15. The van der Waals surface area contributed by atoms with Gasteiger partial charge in [0.15, 0.2) is 0 Å². The Bertz CT molecular complexity index is 382. The Kier molecular flexibility index (Phi) is 3.50. The molecule has 2 aliphatic carbocycles. The third-order valence-electron chi connectivity index (χ3n) is 5.31. The Morgan fingerprint density at radius 3 is 2.32 bits per heavy atom. The molecule has 0 N–H and O–H groups in total. The summed E-state index contributed by atoms with van der Waals surface area (Å²) in [5, 5.41) is 0. The predicted octanol–water partition coefficient (Wildman–Crippen LogP) is 1.50. The highest BCUT2D eigenvalue weighted by Crippen LogP contribution is 2.48. The SMILES string of the molecule is CC(=O)N1CCCN(C(=O)C2CC3CCC2C3)CC1. The number of carbonyl (C=O) groups excluding carboxylic acids is 2. The van der Waals surface area contributed by atoms with E-state index >= 15 is 0 Å². The summed E-state index contributed by atoms with van der Waals surface area (Å²) in [4.78, 5) is 27.9. The number of nitrogens with zero attached hydrogens (tertiary/aromatic N) is 2.